The number of nitrogens with one attached hydrogen (secondary N) is 2. The minimum absolute atomic E-state index is 0.0324. The lowest BCUT2D eigenvalue weighted by Crippen LogP contribution is -2.38. The van der Waals surface area contributed by atoms with Crippen LogP contribution in [0, 0.1) is 5.92 Å². The van der Waals surface area contributed by atoms with Gasteiger partial charge in [-0.05, 0) is 43.4 Å². The van der Waals surface area contributed by atoms with Gasteiger partial charge in [0.15, 0.2) is 0 Å². The molecule has 5 heteroatoms. The summed E-state index contributed by atoms with van der Waals surface area (Å²) in [6.45, 7) is 3.11. The second-order valence-electron chi connectivity index (χ2n) is 5.55. The normalized spacial score (nSPS) is 15.3. The minimum Gasteiger partial charge on any atom is -0.352 e. The molecule has 0 radical (unpaired) electrons. The van der Waals surface area contributed by atoms with Crippen LogP contribution < -0.4 is 16.4 Å². The van der Waals surface area contributed by atoms with Crippen molar-refractivity contribution in [3.63, 3.8) is 0 Å². The van der Waals surface area contributed by atoms with Crippen molar-refractivity contribution in [3.05, 3.63) is 35.4 Å². The largest absolute Gasteiger partial charge is 0.352 e. The predicted octanol–water partition coefficient (Wildman–Crippen LogP) is 1.29. The Morgan fingerprint density at radius 1 is 1.24 bits per heavy atom. The molecule has 1 saturated carbocycles. The molecule has 5 nitrogen and oxygen atoms in total. The highest BCUT2D eigenvalue weighted by molar-refractivity contribution is 5.99. The molecule has 0 saturated heterocycles. The Morgan fingerprint density at radius 3 is 2.43 bits per heavy atom. The maximum absolute atomic E-state index is 12.1. The average molecular weight is 289 g/mol. The first-order valence-electron chi connectivity index (χ1n) is 7.54. The Kier molecular flexibility index (Phi) is 5.33. The molecule has 1 aliphatic rings. The molecule has 0 bridgehead atoms. The summed E-state index contributed by atoms with van der Waals surface area (Å²) in [5.74, 6) is 0.217. The Morgan fingerprint density at radius 2 is 1.86 bits per heavy atom. The minimum atomic E-state index is -0.184. The number of rotatable bonds is 7. The van der Waals surface area contributed by atoms with Crippen molar-refractivity contribution in [2.75, 3.05) is 13.1 Å². The molecule has 114 valence electrons. The molecule has 4 N–H and O–H groups in total. The van der Waals surface area contributed by atoms with Crippen LogP contribution in [0.2, 0.25) is 0 Å². The molecule has 0 heterocycles. The summed E-state index contributed by atoms with van der Waals surface area (Å²) in [4.78, 5) is 24.0. The standard InChI is InChI=1S/C16H23N3O2/c1-2-8-18-15(20)12-4-3-5-13(9-12)16(21)19-10-14(17)11-6-7-11/h3-5,9,11,14H,2,6-8,10,17H2,1H3,(H,18,20)(H,19,21). The lowest BCUT2D eigenvalue weighted by atomic mass is 10.1. The van der Waals surface area contributed by atoms with Crippen LogP contribution in [0.5, 0.6) is 0 Å². The van der Waals surface area contributed by atoms with Crippen LogP contribution in [-0.4, -0.2) is 30.9 Å². The second-order valence-corrected chi connectivity index (χ2v) is 5.55. The zero-order chi connectivity index (χ0) is 15.2. The van der Waals surface area contributed by atoms with Crippen molar-refractivity contribution >= 4 is 11.8 Å². The fraction of sp³-hybridized carbons (Fsp3) is 0.500. The number of amides is 2. The number of carbonyl (C=O) groups excluding carboxylic acids is 2. The van der Waals surface area contributed by atoms with Crippen LogP contribution in [0.15, 0.2) is 24.3 Å². The van der Waals surface area contributed by atoms with Gasteiger partial charge in [0.2, 0.25) is 0 Å². The number of benzene rings is 1. The zero-order valence-electron chi connectivity index (χ0n) is 12.4. The van der Waals surface area contributed by atoms with Gasteiger partial charge in [-0.25, -0.2) is 0 Å². The Hall–Kier alpha value is -1.88. The molecule has 1 aliphatic carbocycles. The molecule has 2 rings (SSSR count). The Bertz CT molecular complexity index is 512. The van der Waals surface area contributed by atoms with Crippen molar-refractivity contribution in [1.29, 1.82) is 0 Å². The number of nitrogens with two attached hydrogens (primary N) is 1. The third kappa shape index (κ3) is 4.56. The van der Waals surface area contributed by atoms with Gasteiger partial charge in [0.1, 0.15) is 0 Å². The highest BCUT2D eigenvalue weighted by atomic mass is 16.2. The van der Waals surface area contributed by atoms with Crippen LogP contribution in [0.3, 0.4) is 0 Å². The molecule has 1 atom stereocenters. The summed E-state index contributed by atoms with van der Waals surface area (Å²) in [6.07, 6.45) is 3.19. The summed E-state index contributed by atoms with van der Waals surface area (Å²) in [7, 11) is 0. The smallest absolute Gasteiger partial charge is 0.251 e. The number of hydrogen-bond donors (Lipinski definition) is 3. The second kappa shape index (κ2) is 7.22. The van der Waals surface area contributed by atoms with Gasteiger partial charge < -0.3 is 16.4 Å². The molecule has 2 amide bonds. The molecule has 1 fully saturated rings. The highest BCUT2D eigenvalue weighted by Crippen LogP contribution is 2.31. The van der Waals surface area contributed by atoms with E-state index in [0.29, 0.717) is 30.1 Å². The van der Waals surface area contributed by atoms with E-state index in [9.17, 15) is 9.59 Å². The van der Waals surface area contributed by atoms with E-state index in [4.69, 9.17) is 5.73 Å². The van der Waals surface area contributed by atoms with Gasteiger partial charge >= 0.3 is 0 Å². The van der Waals surface area contributed by atoms with Gasteiger partial charge in [0.25, 0.3) is 11.8 Å². The Balaban J connectivity index is 1.92. The summed E-state index contributed by atoms with van der Waals surface area (Å²) >= 11 is 0. The Labute approximate surface area is 125 Å². The van der Waals surface area contributed by atoms with Crippen LogP contribution in [0.1, 0.15) is 46.9 Å². The van der Waals surface area contributed by atoms with E-state index in [1.165, 1.54) is 0 Å². The number of carbonyl (C=O) groups is 2. The molecule has 1 aromatic rings. The third-order valence-electron chi connectivity index (χ3n) is 3.65. The summed E-state index contributed by atoms with van der Waals surface area (Å²) in [5, 5.41) is 5.63. The van der Waals surface area contributed by atoms with Crippen molar-refractivity contribution in [1.82, 2.24) is 10.6 Å². The molecule has 1 unspecified atom stereocenters. The SMILES string of the molecule is CCCNC(=O)c1cccc(C(=O)NCC(N)C2CC2)c1. The quantitative estimate of drug-likeness (QED) is 0.707. The third-order valence-corrected chi connectivity index (χ3v) is 3.65. The molecular formula is C16H23N3O2. The van der Waals surface area contributed by atoms with Crippen molar-refractivity contribution in [3.8, 4) is 0 Å². The van der Waals surface area contributed by atoms with Crippen molar-refractivity contribution in [2.24, 2.45) is 11.7 Å². The maximum Gasteiger partial charge on any atom is 0.251 e. The molecular weight excluding hydrogens is 266 g/mol. The van der Waals surface area contributed by atoms with E-state index >= 15 is 0 Å². The topological polar surface area (TPSA) is 84.2 Å². The van der Waals surface area contributed by atoms with Gasteiger partial charge in [0.05, 0.1) is 0 Å². The molecule has 1 aromatic carbocycles. The van der Waals surface area contributed by atoms with E-state index in [1.54, 1.807) is 24.3 Å². The van der Waals surface area contributed by atoms with Crippen LogP contribution >= 0.6 is 0 Å². The number of hydrogen-bond acceptors (Lipinski definition) is 3. The van der Waals surface area contributed by atoms with Crippen molar-refractivity contribution < 1.29 is 9.59 Å². The summed E-state index contributed by atoms with van der Waals surface area (Å²) in [6, 6.07) is 6.77. The lowest BCUT2D eigenvalue weighted by Gasteiger charge is -2.12. The van der Waals surface area contributed by atoms with E-state index in [1.807, 2.05) is 6.92 Å². The average Bonchev–Trinajstić information content (AvgIpc) is 3.34. The lowest BCUT2D eigenvalue weighted by molar-refractivity contribution is 0.0950. The van der Waals surface area contributed by atoms with E-state index in [-0.39, 0.29) is 17.9 Å². The summed E-state index contributed by atoms with van der Waals surface area (Å²) < 4.78 is 0. The van der Waals surface area contributed by atoms with E-state index in [0.717, 1.165) is 19.3 Å². The molecule has 21 heavy (non-hydrogen) atoms. The fourth-order valence-corrected chi connectivity index (χ4v) is 2.15. The van der Waals surface area contributed by atoms with Crippen LogP contribution in [-0.2, 0) is 0 Å². The van der Waals surface area contributed by atoms with Gasteiger partial charge in [0, 0.05) is 30.3 Å². The monoisotopic (exact) mass is 289 g/mol. The van der Waals surface area contributed by atoms with Crippen LogP contribution in [0.4, 0.5) is 0 Å². The van der Waals surface area contributed by atoms with Gasteiger partial charge in [-0.15, -0.1) is 0 Å². The first-order chi connectivity index (χ1) is 10.1. The van der Waals surface area contributed by atoms with Gasteiger partial charge in [-0.2, -0.15) is 0 Å². The first-order valence-corrected chi connectivity index (χ1v) is 7.54. The predicted molar refractivity (Wildman–Crippen MR) is 82.1 cm³/mol. The first kappa shape index (κ1) is 15.5. The molecule has 0 spiro atoms. The van der Waals surface area contributed by atoms with E-state index in [2.05, 4.69) is 10.6 Å². The van der Waals surface area contributed by atoms with Gasteiger partial charge in [-0.1, -0.05) is 13.0 Å². The van der Waals surface area contributed by atoms with E-state index < -0.39 is 0 Å². The molecule has 0 aliphatic heterocycles. The van der Waals surface area contributed by atoms with Crippen molar-refractivity contribution in [2.45, 2.75) is 32.2 Å². The molecule has 0 aromatic heterocycles. The van der Waals surface area contributed by atoms with Crippen LogP contribution in [0.25, 0.3) is 0 Å². The maximum atomic E-state index is 12.1. The fourth-order valence-electron chi connectivity index (χ4n) is 2.15. The highest BCUT2D eigenvalue weighted by Gasteiger charge is 2.28. The summed E-state index contributed by atoms with van der Waals surface area (Å²) in [5.41, 5.74) is 6.95. The van der Waals surface area contributed by atoms with Gasteiger partial charge in [-0.3, -0.25) is 9.59 Å². The zero-order valence-corrected chi connectivity index (χ0v) is 12.4.